The van der Waals surface area contributed by atoms with Crippen molar-refractivity contribution in [2.24, 2.45) is 0 Å². The zero-order valence-electron chi connectivity index (χ0n) is 15.1. The van der Waals surface area contributed by atoms with Crippen LogP contribution in [0.4, 0.5) is 13.2 Å². The molecule has 28 heavy (non-hydrogen) atoms. The van der Waals surface area contributed by atoms with E-state index in [4.69, 9.17) is 0 Å². The van der Waals surface area contributed by atoms with Crippen LogP contribution >= 0.6 is 15.9 Å². The SMILES string of the molecule is Cc1cc(Br)cc(C)c1-n1c(=O)n(CC(=O)NCC(F)(F)F)c2ccccc21. The molecule has 5 nitrogen and oxygen atoms in total. The van der Waals surface area contributed by atoms with Crippen LogP contribution in [0.3, 0.4) is 0 Å². The summed E-state index contributed by atoms with van der Waals surface area (Å²) < 4.78 is 40.6. The Balaban J connectivity index is 2.12. The van der Waals surface area contributed by atoms with Crippen LogP contribution < -0.4 is 11.0 Å². The van der Waals surface area contributed by atoms with E-state index in [-0.39, 0.29) is 0 Å². The first-order chi connectivity index (χ1) is 13.1. The second kappa shape index (κ2) is 7.46. The van der Waals surface area contributed by atoms with Gasteiger partial charge >= 0.3 is 11.9 Å². The number of benzene rings is 2. The highest BCUT2D eigenvalue weighted by Gasteiger charge is 2.28. The molecule has 0 saturated heterocycles. The van der Waals surface area contributed by atoms with Gasteiger partial charge in [-0.1, -0.05) is 28.1 Å². The van der Waals surface area contributed by atoms with Crippen molar-refractivity contribution >= 4 is 32.9 Å². The summed E-state index contributed by atoms with van der Waals surface area (Å²) in [6.45, 7) is 1.78. The molecule has 0 spiro atoms. The summed E-state index contributed by atoms with van der Waals surface area (Å²) >= 11 is 3.42. The van der Waals surface area contributed by atoms with E-state index in [1.807, 2.05) is 26.0 Å². The molecule has 0 saturated carbocycles. The number of halogens is 4. The van der Waals surface area contributed by atoms with Crippen LogP contribution in [0.1, 0.15) is 11.1 Å². The Bertz CT molecular complexity index is 1090. The number of para-hydroxylation sites is 2. The van der Waals surface area contributed by atoms with E-state index in [1.165, 1.54) is 9.13 Å². The van der Waals surface area contributed by atoms with E-state index in [9.17, 15) is 22.8 Å². The highest BCUT2D eigenvalue weighted by Crippen LogP contribution is 2.26. The first-order valence-corrected chi connectivity index (χ1v) is 9.18. The van der Waals surface area contributed by atoms with Gasteiger partial charge in [-0.15, -0.1) is 0 Å². The Labute approximate surface area is 166 Å². The van der Waals surface area contributed by atoms with Crippen LogP contribution in [0.2, 0.25) is 0 Å². The second-order valence-corrected chi connectivity index (χ2v) is 7.39. The fourth-order valence-corrected chi connectivity index (χ4v) is 3.92. The fraction of sp³-hybridized carbons (Fsp3) is 0.263. The minimum Gasteiger partial charge on any atom is -0.345 e. The molecule has 0 aliphatic rings. The molecule has 3 rings (SSSR count). The average molecular weight is 456 g/mol. The zero-order chi connectivity index (χ0) is 20.6. The minimum absolute atomic E-state index is 0.469. The van der Waals surface area contributed by atoms with Gasteiger partial charge in [-0.25, -0.2) is 4.79 Å². The monoisotopic (exact) mass is 455 g/mol. The molecule has 1 heterocycles. The van der Waals surface area contributed by atoms with Gasteiger partial charge in [0.15, 0.2) is 0 Å². The minimum atomic E-state index is -4.51. The predicted octanol–water partition coefficient (Wildman–Crippen LogP) is 3.85. The molecule has 148 valence electrons. The first kappa shape index (κ1) is 20.2. The lowest BCUT2D eigenvalue weighted by atomic mass is 10.1. The van der Waals surface area contributed by atoms with Crippen molar-refractivity contribution in [3.63, 3.8) is 0 Å². The molecule has 0 aliphatic carbocycles. The lowest BCUT2D eigenvalue weighted by Crippen LogP contribution is -2.38. The number of alkyl halides is 3. The van der Waals surface area contributed by atoms with Crippen molar-refractivity contribution in [1.29, 1.82) is 0 Å². The number of rotatable bonds is 4. The molecule has 2 aromatic carbocycles. The van der Waals surface area contributed by atoms with Gasteiger partial charge in [0.05, 0.1) is 16.7 Å². The summed E-state index contributed by atoms with van der Waals surface area (Å²) in [7, 11) is 0. The molecule has 1 N–H and O–H groups in total. The number of hydrogen-bond donors (Lipinski definition) is 1. The summed E-state index contributed by atoms with van der Waals surface area (Å²) in [5, 5.41) is 1.80. The highest BCUT2D eigenvalue weighted by molar-refractivity contribution is 9.10. The molecule has 0 unspecified atom stereocenters. The van der Waals surface area contributed by atoms with Crippen LogP contribution in [0.15, 0.2) is 45.7 Å². The molecule has 0 bridgehead atoms. The van der Waals surface area contributed by atoms with Gasteiger partial charge in [0.25, 0.3) is 0 Å². The third-order valence-electron chi connectivity index (χ3n) is 4.30. The molecular weight excluding hydrogens is 439 g/mol. The molecule has 0 fully saturated rings. The van der Waals surface area contributed by atoms with Gasteiger partial charge in [0.2, 0.25) is 5.91 Å². The van der Waals surface area contributed by atoms with Gasteiger partial charge in [0.1, 0.15) is 13.1 Å². The maximum atomic E-state index is 13.1. The van der Waals surface area contributed by atoms with Gasteiger partial charge < -0.3 is 5.32 Å². The zero-order valence-corrected chi connectivity index (χ0v) is 16.7. The van der Waals surface area contributed by atoms with Crippen molar-refractivity contribution in [3.8, 4) is 5.69 Å². The van der Waals surface area contributed by atoms with Gasteiger partial charge in [-0.2, -0.15) is 13.2 Å². The van der Waals surface area contributed by atoms with Gasteiger partial charge in [0, 0.05) is 4.47 Å². The number of fused-ring (bicyclic) bond motifs is 1. The predicted molar refractivity (Wildman–Crippen MR) is 104 cm³/mol. The van der Waals surface area contributed by atoms with Crippen LogP contribution in [0, 0.1) is 13.8 Å². The number of nitrogens with one attached hydrogen (secondary N) is 1. The topological polar surface area (TPSA) is 56.0 Å². The summed E-state index contributed by atoms with van der Waals surface area (Å²) in [6, 6.07) is 10.6. The molecule has 0 radical (unpaired) electrons. The number of aromatic nitrogens is 2. The van der Waals surface area contributed by atoms with E-state index in [2.05, 4.69) is 15.9 Å². The quantitative estimate of drug-likeness (QED) is 0.649. The Morgan fingerprint density at radius 2 is 1.68 bits per heavy atom. The summed E-state index contributed by atoms with van der Waals surface area (Å²) in [5.41, 5.74) is 2.92. The van der Waals surface area contributed by atoms with Crippen LogP contribution in [0.25, 0.3) is 16.7 Å². The molecule has 0 atom stereocenters. The van der Waals surface area contributed by atoms with Crippen molar-refractivity contribution in [2.75, 3.05) is 6.54 Å². The number of aryl methyl sites for hydroxylation is 2. The molecule has 1 amide bonds. The van der Waals surface area contributed by atoms with Crippen molar-refractivity contribution in [1.82, 2.24) is 14.5 Å². The van der Waals surface area contributed by atoms with Crippen molar-refractivity contribution < 1.29 is 18.0 Å². The maximum absolute atomic E-state index is 13.1. The maximum Gasteiger partial charge on any atom is 0.405 e. The van der Waals surface area contributed by atoms with Gasteiger partial charge in [-0.05, 0) is 49.2 Å². The van der Waals surface area contributed by atoms with Crippen molar-refractivity contribution in [3.05, 3.63) is 62.5 Å². The molecule has 0 aliphatic heterocycles. The third kappa shape index (κ3) is 3.99. The number of amides is 1. The molecular formula is C19H17BrF3N3O2. The lowest BCUT2D eigenvalue weighted by molar-refractivity contribution is -0.138. The fourth-order valence-electron chi connectivity index (χ4n) is 3.23. The Hall–Kier alpha value is -2.55. The van der Waals surface area contributed by atoms with E-state index in [1.54, 1.807) is 29.6 Å². The van der Waals surface area contributed by atoms with E-state index in [0.29, 0.717) is 16.7 Å². The lowest BCUT2D eigenvalue weighted by Gasteiger charge is -2.12. The number of hydrogen-bond acceptors (Lipinski definition) is 2. The largest absolute Gasteiger partial charge is 0.405 e. The summed E-state index contributed by atoms with van der Waals surface area (Å²) in [4.78, 5) is 25.1. The third-order valence-corrected chi connectivity index (χ3v) is 4.76. The van der Waals surface area contributed by atoms with E-state index >= 15 is 0 Å². The highest BCUT2D eigenvalue weighted by atomic mass is 79.9. The Morgan fingerprint density at radius 1 is 1.11 bits per heavy atom. The van der Waals surface area contributed by atoms with Crippen LogP contribution in [0.5, 0.6) is 0 Å². The van der Waals surface area contributed by atoms with E-state index < -0.39 is 30.9 Å². The Kier molecular flexibility index (Phi) is 5.38. The van der Waals surface area contributed by atoms with Gasteiger partial charge in [-0.3, -0.25) is 13.9 Å². The molecule has 3 aromatic rings. The van der Waals surface area contributed by atoms with E-state index in [0.717, 1.165) is 15.6 Å². The molecule has 1 aromatic heterocycles. The standard InChI is InChI=1S/C19H17BrF3N3O2/c1-11-7-13(20)8-12(2)17(11)26-15-6-4-3-5-14(15)25(18(26)28)9-16(27)24-10-19(21,22)23/h3-8H,9-10H2,1-2H3,(H,24,27). The normalized spacial score (nSPS) is 11.8. The number of carbonyl (C=O) groups is 1. The van der Waals surface area contributed by atoms with Crippen LogP contribution in [-0.2, 0) is 11.3 Å². The first-order valence-electron chi connectivity index (χ1n) is 8.39. The smallest absolute Gasteiger partial charge is 0.345 e. The average Bonchev–Trinajstić information content (AvgIpc) is 2.85. The summed E-state index contributed by atoms with van der Waals surface area (Å²) in [6.07, 6.45) is -4.51. The number of carbonyl (C=O) groups excluding carboxylic acids is 1. The van der Waals surface area contributed by atoms with Crippen LogP contribution in [-0.4, -0.2) is 27.8 Å². The second-order valence-electron chi connectivity index (χ2n) is 6.47. The van der Waals surface area contributed by atoms with Crippen molar-refractivity contribution in [2.45, 2.75) is 26.6 Å². The summed E-state index contributed by atoms with van der Waals surface area (Å²) in [5.74, 6) is -0.883. The number of imidazole rings is 1. The number of nitrogens with zero attached hydrogens (tertiary/aromatic N) is 2. The Morgan fingerprint density at radius 3 is 2.25 bits per heavy atom. The molecule has 9 heteroatoms.